The van der Waals surface area contributed by atoms with Gasteiger partial charge in [0.25, 0.3) is 5.91 Å². The van der Waals surface area contributed by atoms with Gasteiger partial charge in [0.15, 0.2) is 0 Å². The average Bonchev–Trinajstić information content (AvgIpc) is 2.40. The van der Waals surface area contributed by atoms with Crippen molar-refractivity contribution in [2.24, 2.45) is 0 Å². The summed E-state index contributed by atoms with van der Waals surface area (Å²) in [7, 11) is 0. The Morgan fingerprint density at radius 3 is 2.33 bits per heavy atom. The molecule has 0 saturated carbocycles. The Labute approximate surface area is 103 Å². The van der Waals surface area contributed by atoms with Crippen LogP contribution in [0.2, 0.25) is 0 Å². The second-order valence-corrected chi connectivity index (χ2v) is 3.39. The molecule has 2 amide bonds. The summed E-state index contributed by atoms with van der Waals surface area (Å²) in [6.07, 6.45) is 2.12. The first kappa shape index (κ1) is 11.8. The van der Waals surface area contributed by atoms with Crippen molar-refractivity contribution in [2.45, 2.75) is 0 Å². The van der Waals surface area contributed by atoms with Crippen LogP contribution in [-0.2, 0) is 0 Å². The van der Waals surface area contributed by atoms with Crippen molar-refractivity contribution in [3.63, 3.8) is 0 Å². The van der Waals surface area contributed by atoms with Gasteiger partial charge in [-0.2, -0.15) is 0 Å². The molecule has 1 aromatic heterocycles. The molecule has 0 aliphatic carbocycles. The lowest BCUT2D eigenvalue weighted by Crippen LogP contribution is -2.32. The van der Waals surface area contributed by atoms with Gasteiger partial charge in [-0.15, -0.1) is 0 Å². The molecular formula is C13H10N2O3. The van der Waals surface area contributed by atoms with Crippen molar-refractivity contribution in [2.75, 3.05) is 0 Å². The minimum absolute atomic E-state index is 0.343. The molecule has 2 aromatic rings. The maximum atomic E-state index is 11.6. The van der Waals surface area contributed by atoms with Crippen molar-refractivity contribution < 1.29 is 14.3 Å². The third-order valence-corrected chi connectivity index (χ3v) is 2.11. The zero-order chi connectivity index (χ0) is 12.8. The van der Waals surface area contributed by atoms with Crippen LogP contribution < -0.4 is 10.1 Å². The Morgan fingerprint density at radius 2 is 1.67 bits per heavy atom. The Kier molecular flexibility index (Phi) is 3.66. The first-order chi connectivity index (χ1) is 8.75. The number of carbonyl (C=O) groups excluding carboxylic acids is 2. The van der Waals surface area contributed by atoms with Gasteiger partial charge < -0.3 is 4.74 Å². The number of para-hydroxylation sites is 1. The van der Waals surface area contributed by atoms with E-state index in [1.54, 1.807) is 30.3 Å². The van der Waals surface area contributed by atoms with E-state index in [2.05, 4.69) is 10.3 Å². The van der Waals surface area contributed by atoms with Gasteiger partial charge in [0.2, 0.25) is 0 Å². The van der Waals surface area contributed by atoms with E-state index in [9.17, 15) is 9.59 Å². The van der Waals surface area contributed by atoms with Crippen molar-refractivity contribution >= 4 is 12.0 Å². The lowest BCUT2D eigenvalue weighted by atomic mass is 10.2. The van der Waals surface area contributed by atoms with Crippen LogP contribution in [0.25, 0.3) is 0 Å². The largest absolute Gasteiger partial charge is 0.419 e. The number of carbonyl (C=O) groups is 2. The highest BCUT2D eigenvalue weighted by atomic mass is 16.6. The number of nitrogens with one attached hydrogen (secondary N) is 1. The maximum absolute atomic E-state index is 11.6. The molecule has 0 unspecified atom stereocenters. The number of hydrogen-bond donors (Lipinski definition) is 1. The molecule has 5 nitrogen and oxygen atoms in total. The molecule has 18 heavy (non-hydrogen) atoms. The van der Waals surface area contributed by atoms with Crippen LogP contribution in [0, 0.1) is 0 Å². The molecule has 0 fully saturated rings. The highest BCUT2D eigenvalue weighted by Gasteiger charge is 2.11. The minimum Gasteiger partial charge on any atom is -0.410 e. The predicted molar refractivity (Wildman–Crippen MR) is 64.2 cm³/mol. The molecule has 1 N–H and O–H groups in total. The Morgan fingerprint density at radius 1 is 1.00 bits per heavy atom. The third-order valence-electron chi connectivity index (χ3n) is 2.11. The second kappa shape index (κ2) is 5.58. The SMILES string of the molecule is O=C(NC(=O)c1ccncc1)Oc1ccccc1. The summed E-state index contributed by atoms with van der Waals surface area (Å²) in [5, 5.41) is 2.12. The normalized spacial score (nSPS) is 9.56. The van der Waals surface area contributed by atoms with Gasteiger partial charge in [0, 0.05) is 18.0 Å². The zero-order valence-corrected chi connectivity index (χ0v) is 9.37. The van der Waals surface area contributed by atoms with E-state index in [0.717, 1.165) is 0 Å². The van der Waals surface area contributed by atoms with Gasteiger partial charge in [0.1, 0.15) is 5.75 Å². The van der Waals surface area contributed by atoms with E-state index in [-0.39, 0.29) is 0 Å². The van der Waals surface area contributed by atoms with Crippen molar-refractivity contribution in [3.05, 3.63) is 60.4 Å². The molecule has 5 heteroatoms. The van der Waals surface area contributed by atoms with Crippen LogP contribution in [-0.4, -0.2) is 17.0 Å². The summed E-state index contributed by atoms with van der Waals surface area (Å²) in [6, 6.07) is 11.5. The summed E-state index contributed by atoms with van der Waals surface area (Å²) >= 11 is 0. The molecule has 0 aliphatic rings. The first-order valence-electron chi connectivity index (χ1n) is 5.24. The maximum Gasteiger partial charge on any atom is 0.419 e. The number of rotatable bonds is 2. The highest BCUT2D eigenvalue weighted by molar-refractivity contribution is 6.03. The summed E-state index contributed by atoms with van der Waals surface area (Å²) in [5.74, 6) is -0.157. The van der Waals surface area contributed by atoms with Crippen LogP contribution in [0.15, 0.2) is 54.9 Å². The molecular weight excluding hydrogens is 232 g/mol. The summed E-state index contributed by atoms with van der Waals surface area (Å²) in [5.41, 5.74) is 0.343. The van der Waals surface area contributed by atoms with Crippen LogP contribution in [0.1, 0.15) is 10.4 Å². The molecule has 1 aromatic carbocycles. The molecule has 90 valence electrons. The minimum atomic E-state index is -0.817. The predicted octanol–water partition coefficient (Wildman–Crippen LogP) is 2.01. The number of aromatic nitrogens is 1. The van der Waals surface area contributed by atoms with Crippen LogP contribution in [0.3, 0.4) is 0 Å². The fraction of sp³-hybridized carbons (Fsp3) is 0. The van der Waals surface area contributed by atoms with Gasteiger partial charge in [-0.25, -0.2) is 4.79 Å². The van der Waals surface area contributed by atoms with Crippen LogP contribution in [0.5, 0.6) is 5.75 Å². The molecule has 1 heterocycles. The molecule has 0 spiro atoms. The second-order valence-electron chi connectivity index (χ2n) is 3.39. The molecule has 0 bridgehead atoms. The van der Waals surface area contributed by atoms with E-state index in [0.29, 0.717) is 11.3 Å². The van der Waals surface area contributed by atoms with Crippen molar-refractivity contribution in [3.8, 4) is 5.75 Å². The monoisotopic (exact) mass is 242 g/mol. The highest BCUT2D eigenvalue weighted by Crippen LogP contribution is 2.08. The van der Waals surface area contributed by atoms with Gasteiger partial charge in [0.05, 0.1) is 0 Å². The lowest BCUT2D eigenvalue weighted by molar-refractivity contribution is 0.0951. The fourth-order valence-electron chi connectivity index (χ4n) is 1.29. The van der Waals surface area contributed by atoms with Crippen LogP contribution in [0.4, 0.5) is 4.79 Å². The number of pyridine rings is 1. The fourth-order valence-corrected chi connectivity index (χ4v) is 1.29. The molecule has 2 rings (SSSR count). The van der Waals surface area contributed by atoms with Gasteiger partial charge in [-0.3, -0.25) is 15.1 Å². The van der Waals surface area contributed by atoms with E-state index in [4.69, 9.17) is 4.74 Å². The molecule has 0 radical (unpaired) electrons. The molecule has 0 atom stereocenters. The Bertz CT molecular complexity index is 541. The van der Waals surface area contributed by atoms with Gasteiger partial charge >= 0.3 is 6.09 Å². The number of nitrogens with zero attached hydrogens (tertiary/aromatic N) is 1. The molecule has 0 aliphatic heterocycles. The van der Waals surface area contributed by atoms with Gasteiger partial charge in [-0.1, -0.05) is 18.2 Å². The number of amides is 2. The average molecular weight is 242 g/mol. The zero-order valence-electron chi connectivity index (χ0n) is 9.37. The number of imide groups is 1. The molecule has 0 saturated heterocycles. The number of benzene rings is 1. The summed E-state index contributed by atoms with van der Waals surface area (Å²) in [6.45, 7) is 0. The Hall–Kier alpha value is -2.69. The van der Waals surface area contributed by atoms with E-state index < -0.39 is 12.0 Å². The van der Waals surface area contributed by atoms with Crippen LogP contribution >= 0.6 is 0 Å². The van der Waals surface area contributed by atoms with E-state index in [1.807, 2.05) is 0 Å². The summed E-state index contributed by atoms with van der Waals surface area (Å²) < 4.78 is 4.92. The van der Waals surface area contributed by atoms with Crippen molar-refractivity contribution in [1.29, 1.82) is 0 Å². The summed E-state index contributed by atoms with van der Waals surface area (Å²) in [4.78, 5) is 26.8. The number of ether oxygens (including phenoxy) is 1. The number of hydrogen-bond acceptors (Lipinski definition) is 4. The topological polar surface area (TPSA) is 68.3 Å². The van der Waals surface area contributed by atoms with E-state index in [1.165, 1.54) is 24.5 Å². The van der Waals surface area contributed by atoms with E-state index >= 15 is 0 Å². The quantitative estimate of drug-likeness (QED) is 0.874. The Balaban J connectivity index is 1.94. The third kappa shape index (κ3) is 3.15. The first-order valence-corrected chi connectivity index (χ1v) is 5.24. The van der Waals surface area contributed by atoms with Gasteiger partial charge in [-0.05, 0) is 24.3 Å². The lowest BCUT2D eigenvalue weighted by Gasteiger charge is -2.05. The standard InChI is InChI=1S/C13H10N2O3/c16-12(10-6-8-14-9-7-10)15-13(17)18-11-4-2-1-3-5-11/h1-9H,(H,15,16,17). The van der Waals surface area contributed by atoms with Crippen molar-refractivity contribution in [1.82, 2.24) is 10.3 Å². The smallest absolute Gasteiger partial charge is 0.410 e.